The first kappa shape index (κ1) is 62.6. The Morgan fingerprint density at radius 3 is 1.00 bits per heavy atom. The number of rotatable bonds is 53. The van der Waals surface area contributed by atoms with Crippen molar-refractivity contribution in [2.24, 2.45) is 0 Å². The van der Waals surface area contributed by atoms with Crippen molar-refractivity contribution >= 4 is 5.91 Å². The lowest BCUT2D eigenvalue weighted by Crippen LogP contribution is -2.45. The molecule has 0 aliphatic carbocycles. The van der Waals surface area contributed by atoms with E-state index < -0.39 is 18.2 Å². The van der Waals surface area contributed by atoms with E-state index in [1.54, 1.807) is 6.08 Å². The Balaban J connectivity index is 3.46. The Morgan fingerprint density at radius 2 is 0.672 bits per heavy atom. The van der Waals surface area contributed by atoms with Crippen molar-refractivity contribution in [1.82, 2.24) is 5.32 Å². The van der Waals surface area contributed by atoms with Crippen LogP contribution in [-0.4, -0.2) is 46.1 Å². The predicted molar refractivity (Wildman–Crippen MR) is 282 cm³/mol. The van der Waals surface area contributed by atoms with Crippen molar-refractivity contribution in [1.29, 1.82) is 0 Å². The van der Waals surface area contributed by atoms with Crippen LogP contribution in [0.15, 0.2) is 36.5 Å². The molecule has 5 nitrogen and oxygen atoms in total. The largest absolute Gasteiger partial charge is 0.394 e. The molecule has 1 amide bonds. The van der Waals surface area contributed by atoms with Crippen LogP contribution in [0.25, 0.3) is 0 Å². The van der Waals surface area contributed by atoms with Crippen LogP contribution in [-0.2, 0) is 4.79 Å². The molecule has 0 saturated carbocycles. The summed E-state index contributed by atoms with van der Waals surface area (Å²) >= 11 is 0. The maximum Gasteiger partial charge on any atom is 0.222 e. The van der Waals surface area contributed by atoms with Crippen molar-refractivity contribution in [3.63, 3.8) is 0 Å². The molecular formula is C59H113NO4. The highest BCUT2D eigenvalue weighted by Crippen LogP contribution is 2.17. The molecule has 64 heavy (non-hydrogen) atoms. The minimum absolute atomic E-state index is 0.00757. The Bertz CT molecular complexity index is 993. The third kappa shape index (κ3) is 50.0. The Labute approximate surface area is 400 Å². The van der Waals surface area contributed by atoms with E-state index in [9.17, 15) is 20.1 Å². The average Bonchev–Trinajstić information content (AvgIpc) is 3.29. The summed E-state index contributed by atoms with van der Waals surface area (Å²) in [6.07, 6.45) is 70.8. The molecule has 3 atom stereocenters. The van der Waals surface area contributed by atoms with Gasteiger partial charge in [-0.25, -0.2) is 0 Å². The van der Waals surface area contributed by atoms with Gasteiger partial charge in [0.1, 0.15) is 0 Å². The first-order valence-corrected chi connectivity index (χ1v) is 28.8. The number of amides is 1. The molecule has 0 aromatic carbocycles. The molecule has 4 N–H and O–H groups in total. The van der Waals surface area contributed by atoms with E-state index in [1.165, 1.54) is 250 Å². The molecule has 3 unspecified atom stereocenters. The van der Waals surface area contributed by atoms with Gasteiger partial charge in [0.25, 0.3) is 0 Å². The van der Waals surface area contributed by atoms with Crippen molar-refractivity contribution < 1.29 is 20.1 Å². The Kier molecular flexibility index (Phi) is 53.0. The number of hydrogen-bond donors (Lipinski definition) is 4. The van der Waals surface area contributed by atoms with Crippen LogP contribution in [0, 0.1) is 0 Å². The SMILES string of the molecule is CCCCCCCC/C=C/CC/C=C/C(O)C(CO)NC(=O)CC(O)CCCCCCCCCCCCCCCCC/C=C\CCCCCCCCCCCCCCCCCCCC. The zero-order chi connectivity index (χ0) is 46.5. The quantitative estimate of drug-likeness (QED) is 0.0362. The molecule has 0 aliphatic rings. The maximum absolute atomic E-state index is 12.5. The van der Waals surface area contributed by atoms with Gasteiger partial charge in [-0.1, -0.05) is 281 Å². The molecule has 0 radical (unpaired) electrons. The molecule has 0 saturated heterocycles. The second-order valence-electron chi connectivity index (χ2n) is 19.9. The summed E-state index contributed by atoms with van der Waals surface area (Å²) in [7, 11) is 0. The van der Waals surface area contributed by atoms with Gasteiger partial charge in [0.05, 0.1) is 31.3 Å². The van der Waals surface area contributed by atoms with E-state index in [1.807, 2.05) is 6.08 Å². The summed E-state index contributed by atoms with van der Waals surface area (Å²) in [4.78, 5) is 12.5. The monoisotopic (exact) mass is 900 g/mol. The fourth-order valence-electron chi connectivity index (χ4n) is 9.00. The minimum Gasteiger partial charge on any atom is -0.394 e. The van der Waals surface area contributed by atoms with Crippen LogP contribution in [0.2, 0.25) is 0 Å². The molecule has 378 valence electrons. The Hall–Kier alpha value is -1.43. The number of nitrogens with one attached hydrogen (secondary N) is 1. The minimum atomic E-state index is -0.950. The number of carbonyl (C=O) groups is 1. The predicted octanol–water partition coefficient (Wildman–Crippen LogP) is 17.8. The normalized spacial score (nSPS) is 13.5. The number of hydrogen-bond acceptors (Lipinski definition) is 4. The first-order valence-electron chi connectivity index (χ1n) is 28.8. The molecule has 0 spiro atoms. The molecule has 0 fully saturated rings. The summed E-state index contributed by atoms with van der Waals surface area (Å²) in [5, 5.41) is 33.3. The van der Waals surface area contributed by atoms with Gasteiger partial charge in [0.15, 0.2) is 0 Å². The van der Waals surface area contributed by atoms with Crippen LogP contribution in [0.5, 0.6) is 0 Å². The van der Waals surface area contributed by atoms with Crippen molar-refractivity contribution in [3.05, 3.63) is 36.5 Å². The summed E-state index contributed by atoms with van der Waals surface area (Å²) in [6.45, 7) is 4.20. The fraction of sp³-hybridized carbons (Fsp3) is 0.881. The lowest BCUT2D eigenvalue weighted by atomic mass is 10.0. The smallest absolute Gasteiger partial charge is 0.222 e. The van der Waals surface area contributed by atoms with E-state index in [-0.39, 0.29) is 18.9 Å². The molecule has 5 heteroatoms. The molecule has 0 rings (SSSR count). The van der Waals surface area contributed by atoms with E-state index in [4.69, 9.17) is 0 Å². The summed E-state index contributed by atoms with van der Waals surface area (Å²) in [5.74, 6) is -0.323. The number of carbonyl (C=O) groups excluding carboxylic acids is 1. The lowest BCUT2D eigenvalue weighted by Gasteiger charge is -2.21. The van der Waals surface area contributed by atoms with E-state index in [2.05, 4.69) is 43.5 Å². The molecular weight excluding hydrogens is 787 g/mol. The van der Waals surface area contributed by atoms with E-state index in [0.29, 0.717) is 6.42 Å². The van der Waals surface area contributed by atoms with Gasteiger partial charge < -0.3 is 20.6 Å². The van der Waals surface area contributed by atoms with E-state index >= 15 is 0 Å². The number of allylic oxidation sites excluding steroid dienone is 5. The lowest BCUT2D eigenvalue weighted by molar-refractivity contribution is -0.124. The van der Waals surface area contributed by atoms with Crippen LogP contribution in [0.4, 0.5) is 0 Å². The van der Waals surface area contributed by atoms with Gasteiger partial charge in [-0.15, -0.1) is 0 Å². The highest BCUT2D eigenvalue weighted by Gasteiger charge is 2.20. The van der Waals surface area contributed by atoms with Crippen LogP contribution in [0.3, 0.4) is 0 Å². The number of aliphatic hydroxyl groups excluding tert-OH is 3. The van der Waals surface area contributed by atoms with Crippen LogP contribution >= 0.6 is 0 Å². The van der Waals surface area contributed by atoms with Crippen molar-refractivity contribution in [3.8, 4) is 0 Å². The second-order valence-corrected chi connectivity index (χ2v) is 19.9. The summed E-state index contributed by atoms with van der Waals surface area (Å²) in [6, 6.07) is -0.759. The summed E-state index contributed by atoms with van der Waals surface area (Å²) in [5.41, 5.74) is 0. The number of unbranched alkanes of at least 4 members (excludes halogenated alkanes) is 40. The first-order chi connectivity index (χ1) is 31.5. The highest BCUT2D eigenvalue weighted by molar-refractivity contribution is 5.76. The molecule has 0 aromatic heterocycles. The van der Waals surface area contributed by atoms with Crippen molar-refractivity contribution in [2.45, 2.75) is 327 Å². The van der Waals surface area contributed by atoms with Gasteiger partial charge in [0, 0.05) is 0 Å². The highest BCUT2D eigenvalue weighted by atomic mass is 16.3. The fourth-order valence-corrected chi connectivity index (χ4v) is 9.00. The molecule has 0 bridgehead atoms. The maximum atomic E-state index is 12.5. The zero-order valence-corrected chi connectivity index (χ0v) is 43.2. The standard InChI is InChI=1S/C59H113NO4/c1-3-5-7-9-11-13-15-17-18-19-20-21-22-23-24-25-26-27-28-29-30-31-32-33-34-35-36-37-38-39-40-41-42-44-46-48-50-52-56(62)54-59(64)60-57(55-61)58(63)53-51-49-47-45-43-16-14-12-10-8-6-4-2/h29-30,43,45,51,53,56-58,61-63H,3-28,31-42,44,46-50,52,54-55H2,1-2H3,(H,60,64)/b30-29-,45-43+,53-51+. The van der Waals surface area contributed by atoms with Gasteiger partial charge in [-0.3, -0.25) is 4.79 Å². The van der Waals surface area contributed by atoms with Gasteiger partial charge in [0.2, 0.25) is 5.91 Å². The average molecular weight is 901 g/mol. The van der Waals surface area contributed by atoms with Crippen LogP contribution < -0.4 is 5.32 Å². The van der Waals surface area contributed by atoms with Crippen LogP contribution in [0.1, 0.15) is 309 Å². The van der Waals surface area contributed by atoms with Gasteiger partial charge >= 0.3 is 0 Å². The number of aliphatic hydroxyl groups is 3. The van der Waals surface area contributed by atoms with Crippen molar-refractivity contribution in [2.75, 3.05) is 6.61 Å². The van der Waals surface area contributed by atoms with E-state index in [0.717, 1.165) is 32.1 Å². The summed E-state index contributed by atoms with van der Waals surface area (Å²) < 4.78 is 0. The van der Waals surface area contributed by atoms with Gasteiger partial charge in [-0.05, 0) is 57.8 Å². The third-order valence-electron chi connectivity index (χ3n) is 13.4. The Morgan fingerprint density at radius 1 is 0.391 bits per heavy atom. The second kappa shape index (κ2) is 54.2. The molecule has 0 aromatic rings. The zero-order valence-electron chi connectivity index (χ0n) is 43.2. The molecule has 0 aliphatic heterocycles. The molecule has 0 heterocycles. The third-order valence-corrected chi connectivity index (χ3v) is 13.4. The topological polar surface area (TPSA) is 89.8 Å². The van der Waals surface area contributed by atoms with Gasteiger partial charge in [-0.2, -0.15) is 0 Å².